The summed E-state index contributed by atoms with van der Waals surface area (Å²) in [5.41, 5.74) is 4.78. The van der Waals surface area contributed by atoms with E-state index in [4.69, 9.17) is 4.99 Å². The lowest BCUT2D eigenvalue weighted by Crippen LogP contribution is -2.12. The van der Waals surface area contributed by atoms with Gasteiger partial charge < -0.3 is 0 Å². The molecule has 0 N–H and O–H groups in total. The minimum absolute atomic E-state index is 0.894. The second-order valence-corrected chi connectivity index (χ2v) is 5.82. The van der Waals surface area contributed by atoms with Gasteiger partial charge in [0.05, 0.1) is 5.71 Å². The van der Waals surface area contributed by atoms with E-state index < -0.39 is 0 Å². The Hall–Kier alpha value is -2.74. The zero-order valence-corrected chi connectivity index (χ0v) is 12.9. The molecule has 1 aliphatic rings. The Morgan fingerprint density at radius 1 is 0.870 bits per heavy atom. The van der Waals surface area contributed by atoms with Gasteiger partial charge in [-0.25, -0.2) is 0 Å². The maximum atomic E-state index is 4.84. The maximum Gasteiger partial charge on any atom is 0.0700 e. The van der Waals surface area contributed by atoms with Crippen molar-refractivity contribution in [3.63, 3.8) is 0 Å². The molecule has 2 nitrogen and oxygen atoms in total. The van der Waals surface area contributed by atoms with Crippen LogP contribution in [0.25, 0.3) is 16.8 Å². The predicted octanol–water partition coefficient (Wildman–Crippen LogP) is 4.90. The molecule has 1 aromatic heterocycles. The third kappa shape index (κ3) is 2.80. The van der Waals surface area contributed by atoms with E-state index in [9.17, 15) is 0 Å². The number of aliphatic imine (C=N–C) groups is 1. The molecule has 0 amide bonds. The second kappa shape index (κ2) is 6.17. The van der Waals surface area contributed by atoms with E-state index in [1.165, 1.54) is 16.5 Å². The third-order valence-corrected chi connectivity index (χ3v) is 4.24. The fourth-order valence-electron chi connectivity index (χ4n) is 3.13. The minimum atomic E-state index is 0.894. The number of nitrogens with zero attached hydrogens (tertiary/aromatic N) is 2. The summed E-state index contributed by atoms with van der Waals surface area (Å²) < 4.78 is 0. The largest absolute Gasteiger partial charge is 0.284 e. The van der Waals surface area contributed by atoms with Gasteiger partial charge in [0.2, 0.25) is 0 Å². The summed E-state index contributed by atoms with van der Waals surface area (Å²) in [5, 5.41) is 2.39. The Morgan fingerprint density at radius 3 is 2.61 bits per heavy atom. The molecule has 4 rings (SSSR count). The van der Waals surface area contributed by atoms with Crippen molar-refractivity contribution in [3.05, 3.63) is 83.7 Å². The summed E-state index contributed by atoms with van der Waals surface area (Å²) in [4.78, 5) is 9.26. The van der Waals surface area contributed by atoms with Crippen LogP contribution in [0.5, 0.6) is 0 Å². The van der Waals surface area contributed by atoms with E-state index in [2.05, 4.69) is 59.6 Å². The number of fused-ring (bicyclic) bond motifs is 1. The van der Waals surface area contributed by atoms with Crippen LogP contribution in [-0.2, 0) is 0 Å². The number of rotatable bonds is 2. The first-order chi connectivity index (χ1) is 11.4. The smallest absolute Gasteiger partial charge is 0.0700 e. The molecule has 2 heterocycles. The van der Waals surface area contributed by atoms with Crippen LogP contribution in [0.2, 0.25) is 0 Å². The molecule has 2 heteroatoms. The van der Waals surface area contributed by atoms with E-state index in [0.29, 0.717) is 0 Å². The van der Waals surface area contributed by atoms with Gasteiger partial charge >= 0.3 is 0 Å². The van der Waals surface area contributed by atoms with E-state index >= 15 is 0 Å². The summed E-state index contributed by atoms with van der Waals surface area (Å²) in [7, 11) is 0. The summed E-state index contributed by atoms with van der Waals surface area (Å²) in [5.74, 6) is 0. The third-order valence-electron chi connectivity index (χ3n) is 4.24. The number of benzene rings is 2. The van der Waals surface area contributed by atoms with Crippen molar-refractivity contribution < 1.29 is 0 Å². The Bertz CT molecular complexity index is 887. The molecular formula is C21H18N2. The van der Waals surface area contributed by atoms with Crippen molar-refractivity contribution in [2.75, 3.05) is 6.54 Å². The molecule has 2 aromatic carbocycles. The first-order valence-corrected chi connectivity index (χ1v) is 8.05. The summed E-state index contributed by atoms with van der Waals surface area (Å²) in [6, 6.07) is 18.9. The molecule has 1 aliphatic heterocycles. The first-order valence-electron chi connectivity index (χ1n) is 8.05. The van der Waals surface area contributed by atoms with E-state index in [1.54, 1.807) is 0 Å². The Labute approximate surface area is 136 Å². The van der Waals surface area contributed by atoms with Gasteiger partial charge in [-0.05, 0) is 35.4 Å². The lowest BCUT2D eigenvalue weighted by molar-refractivity contribution is 0.818. The van der Waals surface area contributed by atoms with Crippen LogP contribution >= 0.6 is 0 Å². The molecule has 0 spiro atoms. The molecule has 0 aliphatic carbocycles. The Morgan fingerprint density at radius 2 is 1.70 bits per heavy atom. The number of hydrogen-bond donors (Lipinski definition) is 0. The maximum absolute atomic E-state index is 4.84. The van der Waals surface area contributed by atoms with E-state index in [-0.39, 0.29) is 0 Å². The average molecular weight is 298 g/mol. The van der Waals surface area contributed by atoms with E-state index in [0.717, 1.165) is 36.0 Å². The summed E-state index contributed by atoms with van der Waals surface area (Å²) in [6.45, 7) is 0.894. The fourth-order valence-corrected chi connectivity index (χ4v) is 3.13. The normalized spacial score (nSPS) is 16.5. The van der Waals surface area contributed by atoms with Gasteiger partial charge in [-0.1, -0.05) is 54.6 Å². The van der Waals surface area contributed by atoms with Gasteiger partial charge in [0.1, 0.15) is 0 Å². The molecule has 0 atom stereocenters. The molecule has 23 heavy (non-hydrogen) atoms. The topological polar surface area (TPSA) is 25.2 Å². The minimum Gasteiger partial charge on any atom is -0.284 e. The van der Waals surface area contributed by atoms with Gasteiger partial charge in [0.15, 0.2) is 0 Å². The van der Waals surface area contributed by atoms with Crippen LogP contribution in [0, 0.1) is 0 Å². The van der Waals surface area contributed by atoms with Crippen molar-refractivity contribution in [1.29, 1.82) is 0 Å². The van der Waals surface area contributed by atoms with Crippen molar-refractivity contribution >= 4 is 22.6 Å². The van der Waals surface area contributed by atoms with Crippen LogP contribution in [0.1, 0.15) is 24.0 Å². The molecular weight excluding hydrogens is 280 g/mol. The van der Waals surface area contributed by atoms with Crippen LogP contribution in [0.15, 0.2) is 77.6 Å². The Kier molecular flexibility index (Phi) is 3.73. The van der Waals surface area contributed by atoms with Crippen molar-refractivity contribution in [2.45, 2.75) is 12.8 Å². The molecule has 0 bridgehead atoms. The molecule has 0 unspecified atom stereocenters. The van der Waals surface area contributed by atoms with Crippen molar-refractivity contribution in [3.8, 4) is 0 Å². The molecule has 0 saturated heterocycles. The van der Waals surface area contributed by atoms with Crippen LogP contribution in [-0.4, -0.2) is 17.2 Å². The summed E-state index contributed by atoms with van der Waals surface area (Å²) in [6.07, 6.45) is 8.31. The highest BCUT2D eigenvalue weighted by atomic mass is 14.8. The highest BCUT2D eigenvalue weighted by molar-refractivity contribution is 6.20. The van der Waals surface area contributed by atoms with Crippen molar-refractivity contribution in [2.24, 2.45) is 4.99 Å². The van der Waals surface area contributed by atoms with Gasteiger partial charge in [-0.15, -0.1) is 0 Å². The highest BCUT2D eigenvalue weighted by Gasteiger charge is 2.16. The van der Waals surface area contributed by atoms with Gasteiger partial charge in [0, 0.05) is 29.9 Å². The van der Waals surface area contributed by atoms with Gasteiger partial charge in [-0.2, -0.15) is 0 Å². The zero-order chi connectivity index (χ0) is 15.5. The molecule has 0 radical (unpaired) electrons. The zero-order valence-electron chi connectivity index (χ0n) is 12.9. The number of aromatic nitrogens is 1. The molecule has 0 saturated carbocycles. The van der Waals surface area contributed by atoms with Crippen LogP contribution < -0.4 is 0 Å². The highest BCUT2D eigenvalue weighted by Crippen LogP contribution is 2.26. The van der Waals surface area contributed by atoms with Crippen molar-refractivity contribution in [1.82, 2.24) is 4.98 Å². The predicted molar refractivity (Wildman–Crippen MR) is 96.8 cm³/mol. The number of pyridine rings is 1. The Balaban J connectivity index is 1.85. The quantitative estimate of drug-likeness (QED) is 0.660. The number of hydrogen-bond acceptors (Lipinski definition) is 2. The average Bonchev–Trinajstić information content (AvgIpc) is 2.63. The second-order valence-electron chi connectivity index (χ2n) is 5.82. The molecule has 112 valence electrons. The van der Waals surface area contributed by atoms with Gasteiger partial charge in [-0.3, -0.25) is 9.98 Å². The first kappa shape index (κ1) is 13.9. The fraction of sp³-hybridized carbons (Fsp3) is 0.143. The monoisotopic (exact) mass is 298 g/mol. The standard InChI is InChI=1S/C21H18N2/c1-2-7-16(8-3-1)13-17-10-6-12-23-21(17)20-15-22-14-18-9-4-5-11-19(18)20/h1-5,7-9,11,13-15H,6,10,12H2/b17-13+. The molecule has 3 aromatic rings. The van der Waals surface area contributed by atoms with Crippen LogP contribution in [0.3, 0.4) is 0 Å². The lowest BCUT2D eigenvalue weighted by atomic mass is 9.92. The van der Waals surface area contributed by atoms with Crippen LogP contribution in [0.4, 0.5) is 0 Å². The molecule has 0 fully saturated rings. The van der Waals surface area contributed by atoms with E-state index in [1.807, 2.05) is 18.5 Å². The van der Waals surface area contributed by atoms with Gasteiger partial charge in [0.25, 0.3) is 0 Å². The summed E-state index contributed by atoms with van der Waals surface area (Å²) >= 11 is 0. The number of allylic oxidation sites excluding steroid dienone is 1. The lowest BCUT2D eigenvalue weighted by Gasteiger charge is -2.18. The SMILES string of the molecule is C(=C1/CCCN=C1c1cncc2ccccc12)/c1ccccc1.